The van der Waals surface area contributed by atoms with E-state index in [4.69, 9.17) is 4.42 Å². The van der Waals surface area contributed by atoms with Gasteiger partial charge in [-0.2, -0.15) is 0 Å². The summed E-state index contributed by atoms with van der Waals surface area (Å²) in [5.41, 5.74) is 0.901. The van der Waals surface area contributed by atoms with Gasteiger partial charge in [-0.15, -0.1) is 0 Å². The van der Waals surface area contributed by atoms with Gasteiger partial charge in [0, 0.05) is 5.25 Å². The molecular weight excluding hydrogens is 198 g/mol. The number of aliphatic hydroxyl groups excluding tert-OH is 1. The van der Waals surface area contributed by atoms with Gasteiger partial charge in [0.1, 0.15) is 6.26 Å². The van der Waals surface area contributed by atoms with E-state index in [1.807, 2.05) is 6.92 Å². The summed E-state index contributed by atoms with van der Waals surface area (Å²) in [6.07, 6.45) is 5.78. The number of hydrogen-bond acceptors (Lipinski definition) is 4. The molecule has 78 valence electrons. The van der Waals surface area contributed by atoms with Crippen molar-refractivity contribution in [2.75, 3.05) is 0 Å². The average molecular weight is 213 g/mol. The molecular formula is C10H15NO2S. The maximum atomic E-state index is 9.75. The number of aromatic nitrogens is 1. The van der Waals surface area contributed by atoms with E-state index in [9.17, 15) is 5.11 Å². The Labute approximate surface area is 87.9 Å². The number of thioether (sulfide) groups is 1. The van der Waals surface area contributed by atoms with Crippen molar-refractivity contribution in [3.05, 3.63) is 12.0 Å². The van der Waals surface area contributed by atoms with Gasteiger partial charge in [0.25, 0.3) is 5.22 Å². The fourth-order valence-corrected chi connectivity index (χ4v) is 2.87. The molecule has 1 N–H and O–H groups in total. The lowest BCUT2D eigenvalue weighted by Gasteiger charge is -2.25. The number of oxazole rings is 1. The van der Waals surface area contributed by atoms with Crippen LogP contribution in [0.1, 0.15) is 31.4 Å². The van der Waals surface area contributed by atoms with Crippen LogP contribution in [0.15, 0.2) is 15.9 Å². The molecule has 2 unspecified atom stereocenters. The highest BCUT2D eigenvalue weighted by Gasteiger charge is 2.25. The van der Waals surface area contributed by atoms with Gasteiger partial charge in [0.15, 0.2) is 0 Å². The molecule has 0 saturated heterocycles. The molecule has 1 aliphatic rings. The van der Waals surface area contributed by atoms with Gasteiger partial charge in [0.05, 0.1) is 11.8 Å². The van der Waals surface area contributed by atoms with Gasteiger partial charge in [-0.05, 0) is 19.8 Å². The number of hydrogen-bond donors (Lipinski definition) is 1. The Morgan fingerprint density at radius 2 is 2.29 bits per heavy atom. The molecule has 0 aromatic carbocycles. The highest BCUT2D eigenvalue weighted by molar-refractivity contribution is 7.99. The van der Waals surface area contributed by atoms with Crippen molar-refractivity contribution >= 4 is 11.8 Å². The van der Waals surface area contributed by atoms with Crippen LogP contribution in [0.2, 0.25) is 0 Å². The van der Waals surface area contributed by atoms with Crippen molar-refractivity contribution in [1.82, 2.24) is 4.98 Å². The first-order valence-electron chi connectivity index (χ1n) is 5.02. The van der Waals surface area contributed by atoms with E-state index < -0.39 is 0 Å². The average Bonchev–Trinajstić information content (AvgIpc) is 2.56. The van der Waals surface area contributed by atoms with Crippen LogP contribution in [0, 0.1) is 6.92 Å². The van der Waals surface area contributed by atoms with E-state index in [1.54, 1.807) is 18.0 Å². The summed E-state index contributed by atoms with van der Waals surface area (Å²) in [5.74, 6) is 0. The maximum absolute atomic E-state index is 9.75. The third kappa shape index (κ3) is 2.30. The molecule has 3 nitrogen and oxygen atoms in total. The summed E-state index contributed by atoms with van der Waals surface area (Å²) < 4.78 is 5.26. The van der Waals surface area contributed by atoms with Crippen LogP contribution in [0.3, 0.4) is 0 Å². The number of aliphatic hydroxyl groups is 1. The Bertz CT molecular complexity index is 300. The molecule has 0 spiro atoms. The van der Waals surface area contributed by atoms with E-state index in [1.165, 1.54) is 6.42 Å². The minimum absolute atomic E-state index is 0.194. The SMILES string of the molecule is Cc1coc(SC2CCCCC2O)n1. The zero-order valence-electron chi connectivity index (χ0n) is 8.27. The Hall–Kier alpha value is -0.480. The predicted molar refractivity (Wildman–Crippen MR) is 55.4 cm³/mol. The van der Waals surface area contributed by atoms with Crippen molar-refractivity contribution < 1.29 is 9.52 Å². The molecule has 2 atom stereocenters. The van der Waals surface area contributed by atoms with Crippen LogP contribution in [0.5, 0.6) is 0 Å². The number of rotatable bonds is 2. The van der Waals surface area contributed by atoms with Crippen LogP contribution in [0.25, 0.3) is 0 Å². The molecule has 1 fully saturated rings. The summed E-state index contributed by atoms with van der Waals surface area (Å²) in [6, 6.07) is 0. The molecule has 0 radical (unpaired) electrons. The quantitative estimate of drug-likeness (QED) is 0.819. The van der Waals surface area contributed by atoms with Crippen molar-refractivity contribution in [2.45, 2.75) is 49.2 Å². The van der Waals surface area contributed by atoms with Crippen LogP contribution >= 0.6 is 11.8 Å². The summed E-state index contributed by atoms with van der Waals surface area (Å²) in [6.45, 7) is 1.91. The predicted octanol–water partition coefficient (Wildman–Crippen LogP) is 2.38. The summed E-state index contributed by atoms with van der Waals surface area (Å²) in [5, 5.41) is 10.7. The number of nitrogens with zero attached hydrogens (tertiary/aromatic N) is 1. The molecule has 4 heteroatoms. The normalized spacial score (nSPS) is 27.9. The molecule has 1 aromatic heterocycles. The molecule has 1 saturated carbocycles. The second kappa shape index (κ2) is 4.36. The van der Waals surface area contributed by atoms with Crippen molar-refractivity contribution in [1.29, 1.82) is 0 Å². The monoisotopic (exact) mass is 213 g/mol. The molecule has 14 heavy (non-hydrogen) atoms. The molecule has 0 amide bonds. The Morgan fingerprint density at radius 1 is 1.50 bits per heavy atom. The molecule has 1 heterocycles. The lowest BCUT2D eigenvalue weighted by Crippen LogP contribution is -2.26. The lowest BCUT2D eigenvalue weighted by atomic mass is 9.97. The van der Waals surface area contributed by atoms with E-state index in [0.29, 0.717) is 5.22 Å². The Morgan fingerprint density at radius 3 is 2.93 bits per heavy atom. The molecule has 1 aromatic rings. The minimum atomic E-state index is -0.194. The van der Waals surface area contributed by atoms with Crippen LogP contribution in [0.4, 0.5) is 0 Å². The van der Waals surface area contributed by atoms with Gasteiger partial charge in [-0.3, -0.25) is 0 Å². The lowest BCUT2D eigenvalue weighted by molar-refractivity contribution is 0.136. The van der Waals surface area contributed by atoms with Gasteiger partial charge < -0.3 is 9.52 Å². The van der Waals surface area contributed by atoms with E-state index in [-0.39, 0.29) is 11.4 Å². The van der Waals surface area contributed by atoms with Crippen molar-refractivity contribution in [2.24, 2.45) is 0 Å². The first-order chi connectivity index (χ1) is 6.75. The highest BCUT2D eigenvalue weighted by Crippen LogP contribution is 2.33. The first-order valence-corrected chi connectivity index (χ1v) is 5.90. The second-order valence-electron chi connectivity index (χ2n) is 3.76. The fraction of sp³-hybridized carbons (Fsp3) is 0.700. The summed E-state index contributed by atoms with van der Waals surface area (Å²) in [4.78, 5) is 4.22. The summed E-state index contributed by atoms with van der Waals surface area (Å²) >= 11 is 1.57. The van der Waals surface area contributed by atoms with E-state index in [0.717, 1.165) is 25.0 Å². The zero-order valence-corrected chi connectivity index (χ0v) is 9.09. The van der Waals surface area contributed by atoms with E-state index in [2.05, 4.69) is 4.98 Å². The first kappa shape index (κ1) is 10.1. The van der Waals surface area contributed by atoms with Gasteiger partial charge in [-0.1, -0.05) is 24.6 Å². The largest absolute Gasteiger partial charge is 0.440 e. The number of aryl methyl sites for hydroxylation is 1. The Balaban J connectivity index is 1.95. The Kier molecular flexibility index (Phi) is 3.13. The van der Waals surface area contributed by atoms with Crippen molar-refractivity contribution in [3.63, 3.8) is 0 Å². The zero-order chi connectivity index (χ0) is 9.97. The smallest absolute Gasteiger partial charge is 0.256 e. The molecule has 0 aliphatic heterocycles. The van der Waals surface area contributed by atoms with Crippen molar-refractivity contribution in [3.8, 4) is 0 Å². The third-order valence-corrected chi connectivity index (χ3v) is 3.76. The second-order valence-corrected chi connectivity index (χ2v) is 4.95. The molecule has 0 bridgehead atoms. The third-order valence-electron chi connectivity index (χ3n) is 2.52. The summed E-state index contributed by atoms with van der Waals surface area (Å²) in [7, 11) is 0. The van der Waals surface area contributed by atoms with E-state index >= 15 is 0 Å². The maximum Gasteiger partial charge on any atom is 0.256 e. The minimum Gasteiger partial charge on any atom is -0.440 e. The highest BCUT2D eigenvalue weighted by atomic mass is 32.2. The van der Waals surface area contributed by atoms with Crippen LogP contribution in [-0.2, 0) is 0 Å². The molecule has 2 rings (SSSR count). The van der Waals surface area contributed by atoms with Crippen LogP contribution < -0.4 is 0 Å². The van der Waals surface area contributed by atoms with Gasteiger partial charge in [0.2, 0.25) is 0 Å². The van der Waals surface area contributed by atoms with Gasteiger partial charge >= 0.3 is 0 Å². The molecule has 1 aliphatic carbocycles. The van der Waals surface area contributed by atoms with Crippen LogP contribution in [-0.4, -0.2) is 21.4 Å². The topological polar surface area (TPSA) is 46.3 Å². The van der Waals surface area contributed by atoms with Gasteiger partial charge in [-0.25, -0.2) is 4.98 Å². The standard InChI is InChI=1S/C10H15NO2S/c1-7-6-13-10(11-7)14-9-5-3-2-4-8(9)12/h6,8-9,12H,2-5H2,1H3. The fourth-order valence-electron chi connectivity index (χ4n) is 1.73.